The Morgan fingerprint density at radius 2 is 2.00 bits per heavy atom. The van der Waals surface area contributed by atoms with Gasteiger partial charge in [-0.2, -0.15) is 0 Å². The summed E-state index contributed by atoms with van der Waals surface area (Å²) in [5.74, 6) is 0.906. The van der Waals surface area contributed by atoms with E-state index < -0.39 is 0 Å². The van der Waals surface area contributed by atoms with Crippen LogP contribution in [-0.2, 0) is 0 Å². The molecule has 0 saturated heterocycles. The van der Waals surface area contributed by atoms with Crippen LogP contribution in [-0.4, -0.2) is 7.11 Å². The van der Waals surface area contributed by atoms with Crippen LogP contribution in [0.2, 0.25) is 0 Å². The molecule has 0 bridgehead atoms. The summed E-state index contributed by atoms with van der Waals surface area (Å²) in [5, 5.41) is 2.08. The first-order valence-corrected chi connectivity index (χ1v) is 6.45. The fourth-order valence-electron chi connectivity index (χ4n) is 1.99. The van der Waals surface area contributed by atoms with Crippen LogP contribution < -0.4 is 10.5 Å². The first-order chi connectivity index (χ1) is 8.13. The van der Waals surface area contributed by atoms with Crippen molar-refractivity contribution >= 4 is 11.3 Å². The summed E-state index contributed by atoms with van der Waals surface area (Å²) in [5.41, 5.74) is 9.74. The molecule has 0 aliphatic carbocycles. The van der Waals surface area contributed by atoms with E-state index in [0.717, 1.165) is 16.9 Å². The second-order valence-electron chi connectivity index (χ2n) is 4.14. The number of benzene rings is 1. The first-order valence-electron chi connectivity index (χ1n) is 5.57. The molecule has 0 aliphatic rings. The lowest BCUT2D eigenvalue weighted by Crippen LogP contribution is -2.12. The average Bonchev–Trinajstić information content (AvgIpc) is 2.74. The van der Waals surface area contributed by atoms with Gasteiger partial charge in [0.25, 0.3) is 0 Å². The summed E-state index contributed by atoms with van der Waals surface area (Å²) in [6, 6.07) is 8.16. The molecule has 1 atom stereocenters. The van der Waals surface area contributed by atoms with Crippen LogP contribution in [0.25, 0.3) is 0 Å². The Morgan fingerprint density at radius 1 is 1.24 bits per heavy atom. The van der Waals surface area contributed by atoms with Crippen molar-refractivity contribution in [1.29, 1.82) is 0 Å². The minimum atomic E-state index is -0.0501. The molecule has 17 heavy (non-hydrogen) atoms. The molecule has 3 heteroatoms. The fraction of sp³-hybridized carbons (Fsp3) is 0.286. The Kier molecular flexibility index (Phi) is 3.50. The van der Waals surface area contributed by atoms with Gasteiger partial charge in [-0.25, -0.2) is 0 Å². The van der Waals surface area contributed by atoms with Crippen LogP contribution in [0.3, 0.4) is 0 Å². The lowest BCUT2D eigenvalue weighted by Gasteiger charge is -2.14. The minimum absolute atomic E-state index is 0.0501. The van der Waals surface area contributed by atoms with Crippen molar-refractivity contribution in [2.24, 2.45) is 5.73 Å². The molecule has 2 nitrogen and oxygen atoms in total. The third kappa shape index (κ3) is 2.35. The summed E-state index contributed by atoms with van der Waals surface area (Å²) >= 11 is 1.73. The van der Waals surface area contributed by atoms with Crippen LogP contribution in [0, 0.1) is 13.8 Å². The van der Waals surface area contributed by atoms with Crippen LogP contribution in [0.15, 0.2) is 29.6 Å². The molecular weight excluding hydrogens is 230 g/mol. The van der Waals surface area contributed by atoms with Crippen LogP contribution in [0.4, 0.5) is 0 Å². The lowest BCUT2D eigenvalue weighted by atomic mass is 9.98. The van der Waals surface area contributed by atoms with Gasteiger partial charge in [-0.05, 0) is 48.1 Å². The van der Waals surface area contributed by atoms with E-state index in [1.165, 1.54) is 10.4 Å². The van der Waals surface area contributed by atoms with Gasteiger partial charge >= 0.3 is 0 Å². The normalized spacial score (nSPS) is 12.5. The van der Waals surface area contributed by atoms with E-state index in [1.54, 1.807) is 18.4 Å². The van der Waals surface area contributed by atoms with Gasteiger partial charge < -0.3 is 10.5 Å². The number of hydrogen-bond acceptors (Lipinski definition) is 3. The Bertz CT molecular complexity index is 519. The molecule has 1 heterocycles. The van der Waals surface area contributed by atoms with Crippen LogP contribution in [0.1, 0.15) is 27.6 Å². The molecule has 1 aromatic carbocycles. The van der Waals surface area contributed by atoms with E-state index in [0.29, 0.717) is 0 Å². The van der Waals surface area contributed by atoms with Gasteiger partial charge in [0.15, 0.2) is 0 Å². The summed E-state index contributed by atoms with van der Waals surface area (Å²) in [6.07, 6.45) is 0. The van der Waals surface area contributed by atoms with Gasteiger partial charge in [0.2, 0.25) is 0 Å². The molecule has 0 spiro atoms. The topological polar surface area (TPSA) is 35.2 Å². The number of ether oxygens (including phenoxy) is 1. The second kappa shape index (κ2) is 4.90. The smallest absolute Gasteiger partial charge is 0.121 e. The average molecular weight is 247 g/mol. The van der Waals surface area contributed by atoms with Crippen LogP contribution in [0.5, 0.6) is 5.75 Å². The second-order valence-corrected chi connectivity index (χ2v) is 5.26. The predicted molar refractivity (Wildman–Crippen MR) is 72.8 cm³/mol. The molecule has 90 valence electrons. The maximum Gasteiger partial charge on any atom is 0.121 e. The minimum Gasteiger partial charge on any atom is -0.496 e. The van der Waals surface area contributed by atoms with Gasteiger partial charge in [-0.1, -0.05) is 12.1 Å². The third-order valence-corrected chi connectivity index (χ3v) is 3.87. The zero-order valence-corrected chi connectivity index (χ0v) is 11.2. The van der Waals surface area contributed by atoms with Crippen LogP contribution >= 0.6 is 11.3 Å². The van der Waals surface area contributed by atoms with E-state index >= 15 is 0 Å². The fourth-order valence-corrected chi connectivity index (χ4v) is 2.74. The summed E-state index contributed by atoms with van der Waals surface area (Å²) < 4.78 is 5.26. The van der Waals surface area contributed by atoms with Crippen molar-refractivity contribution in [3.63, 3.8) is 0 Å². The molecule has 0 saturated carbocycles. The molecule has 0 radical (unpaired) electrons. The van der Waals surface area contributed by atoms with Crippen molar-refractivity contribution in [2.75, 3.05) is 7.11 Å². The third-order valence-electron chi connectivity index (χ3n) is 3.01. The number of thiophene rings is 1. The Hall–Kier alpha value is -1.32. The van der Waals surface area contributed by atoms with E-state index in [9.17, 15) is 0 Å². The molecule has 1 unspecified atom stereocenters. The maximum atomic E-state index is 6.29. The first kappa shape index (κ1) is 12.1. The van der Waals surface area contributed by atoms with E-state index in [2.05, 4.69) is 24.4 Å². The SMILES string of the molecule is COc1ccc(C(N)c2ccsc2C)cc1C. The monoisotopic (exact) mass is 247 g/mol. The zero-order chi connectivity index (χ0) is 12.4. The number of methoxy groups -OCH3 is 1. The maximum absolute atomic E-state index is 6.29. The van der Waals surface area contributed by atoms with Crippen molar-refractivity contribution in [3.05, 3.63) is 51.2 Å². The van der Waals surface area contributed by atoms with Crippen molar-refractivity contribution in [2.45, 2.75) is 19.9 Å². The van der Waals surface area contributed by atoms with E-state index in [4.69, 9.17) is 10.5 Å². The van der Waals surface area contributed by atoms with Gasteiger partial charge in [-0.15, -0.1) is 11.3 Å². The summed E-state index contributed by atoms with van der Waals surface area (Å²) in [4.78, 5) is 1.28. The van der Waals surface area contributed by atoms with Crippen molar-refractivity contribution in [3.8, 4) is 5.75 Å². The van der Waals surface area contributed by atoms with Gasteiger partial charge in [0, 0.05) is 4.88 Å². The van der Waals surface area contributed by atoms with E-state index in [-0.39, 0.29) is 6.04 Å². The Labute approximate surface area is 106 Å². The van der Waals surface area contributed by atoms with Gasteiger partial charge in [-0.3, -0.25) is 0 Å². The van der Waals surface area contributed by atoms with E-state index in [1.807, 2.05) is 19.1 Å². The highest BCUT2D eigenvalue weighted by Crippen LogP contribution is 2.28. The molecule has 1 aromatic heterocycles. The summed E-state index contributed by atoms with van der Waals surface area (Å²) in [6.45, 7) is 4.14. The number of aryl methyl sites for hydroxylation is 2. The molecular formula is C14H17NOS. The number of rotatable bonds is 3. The molecule has 2 N–H and O–H groups in total. The standard InChI is InChI=1S/C14H17NOS/c1-9-8-11(4-5-13(9)16-3)14(15)12-6-7-17-10(12)2/h4-8,14H,15H2,1-3H3. The highest BCUT2D eigenvalue weighted by Gasteiger charge is 2.13. The quantitative estimate of drug-likeness (QED) is 0.902. The molecule has 2 aromatic rings. The molecule has 2 rings (SSSR count). The highest BCUT2D eigenvalue weighted by atomic mass is 32.1. The lowest BCUT2D eigenvalue weighted by molar-refractivity contribution is 0.411. The van der Waals surface area contributed by atoms with Crippen molar-refractivity contribution < 1.29 is 4.74 Å². The molecule has 0 aliphatic heterocycles. The molecule has 0 fully saturated rings. The Balaban J connectivity index is 2.35. The number of hydrogen-bond donors (Lipinski definition) is 1. The number of nitrogens with two attached hydrogens (primary N) is 1. The van der Waals surface area contributed by atoms with Gasteiger partial charge in [0.1, 0.15) is 5.75 Å². The van der Waals surface area contributed by atoms with Crippen molar-refractivity contribution in [1.82, 2.24) is 0 Å². The largest absolute Gasteiger partial charge is 0.496 e. The predicted octanol–water partition coefficient (Wildman–Crippen LogP) is 3.42. The summed E-state index contributed by atoms with van der Waals surface area (Å²) in [7, 11) is 1.69. The Morgan fingerprint density at radius 3 is 2.53 bits per heavy atom. The zero-order valence-electron chi connectivity index (χ0n) is 10.4. The molecule has 0 amide bonds. The van der Waals surface area contributed by atoms with Gasteiger partial charge in [0.05, 0.1) is 13.2 Å². The highest BCUT2D eigenvalue weighted by molar-refractivity contribution is 7.10.